The van der Waals surface area contributed by atoms with Crippen molar-refractivity contribution >= 4 is 47.4 Å². The number of aliphatic carboxylic acids is 4. The van der Waals surface area contributed by atoms with Gasteiger partial charge in [-0.25, -0.2) is 9.59 Å². The molecular formula is C31H37N3O8. The summed E-state index contributed by atoms with van der Waals surface area (Å²) in [6.45, 7) is 7.67. The van der Waals surface area contributed by atoms with Gasteiger partial charge in [-0.05, 0) is 35.4 Å². The van der Waals surface area contributed by atoms with Crippen LogP contribution in [0.3, 0.4) is 0 Å². The van der Waals surface area contributed by atoms with Crippen LogP contribution in [0.5, 0.6) is 0 Å². The fraction of sp³-hybridized carbons (Fsp3) is 0.290. The van der Waals surface area contributed by atoms with E-state index in [2.05, 4.69) is 72.6 Å². The largest absolute Gasteiger partial charge is 0.545 e. The van der Waals surface area contributed by atoms with Gasteiger partial charge in [0.15, 0.2) is 0 Å². The summed E-state index contributed by atoms with van der Waals surface area (Å²) < 4.78 is 0. The van der Waals surface area contributed by atoms with Crippen LogP contribution < -0.4 is 24.9 Å². The van der Waals surface area contributed by atoms with Gasteiger partial charge in [0.2, 0.25) is 0 Å². The van der Waals surface area contributed by atoms with Crippen molar-refractivity contribution in [2.24, 2.45) is 0 Å². The lowest BCUT2D eigenvalue weighted by molar-refractivity contribution is -0.930. The van der Waals surface area contributed by atoms with E-state index in [9.17, 15) is 29.4 Å². The molecule has 11 heteroatoms. The Bertz CT molecular complexity index is 1190. The number of likely N-dealkylation sites (N-methyl/N-ethyl adjacent to an activating group) is 1. The summed E-state index contributed by atoms with van der Waals surface area (Å²) in [7, 11) is 2.33. The van der Waals surface area contributed by atoms with Gasteiger partial charge in [0.25, 0.3) is 0 Å². The molecule has 1 saturated heterocycles. The Morgan fingerprint density at radius 2 is 1.26 bits per heavy atom. The first-order chi connectivity index (χ1) is 20.1. The highest BCUT2D eigenvalue weighted by molar-refractivity contribution is 5.90. The van der Waals surface area contributed by atoms with E-state index in [1.165, 1.54) is 68.1 Å². The quantitative estimate of drug-likeness (QED) is 0.265. The van der Waals surface area contributed by atoms with Crippen molar-refractivity contribution < 1.29 is 49.4 Å². The smallest absolute Gasteiger partial charge is 0.328 e. The zero-order chi connectivity index (χ0) is 30.9. The number of nitrogens with one attached hydrogen (secondary N) is 2. The van der Waals surface area contributed by atoms with Crippen LogP contribution in [0.1, 0.15) is 24.0 Å². The van der Waals surface area contributed by atoms with E-state index in [0.717, 1.165) is 6.54 Å². The van der Waals surface area contributed by atoms with E-state index in [1.807, 2.05) is 0 Å². The van der Waals surface area contributed by atoms with E-state index in [-0.39, 0.29) is 0 Å². The molecule has 1 fully saturated rings. The van der Waals surface area contributed by atoms with Gasteiger partial charge in [-0.15, -0.1) is 0 Å². The molecule has 2 aliphatic heterocycles. The number of hydrogen-bond acceptors (Lipinski definition) is 7. The Morgan fingerprint density at radius 3 is 1.71 bits per heavy atom. The molecule has 0 aliphatic carbocycles. The molecule has 42 heavy (non-hydrogen) atoms. The van der Waals surface area contributed by atoms with Gasteiger partial charge in [0.1, 0.15) is 13.1 Å². The number of benzene rings is 2. The molecular weight excluding hydrogens is 542 g/mol. The van der Waals surface area contributed by atoms with Gasteiger partial charge in [-0.3, -0.25) is 0 Å². The standard InChI is InChI=1S/C23H29N3.2C4H4O4/c1-24-14-6-15-25(19-18-24)16-7-17-26-22-10-4-2-8-20(22)12-13-21-9-3-5-11-23(21)26;2*5-3(6)1-2-4(7)8/h2-5,8-13H,6-7,14-19H2,1H3;2*1-2H,(H,5,6)(H,7,8)/b;2*2-1+. The van der Waals surface area contributed by atoms with Crippen LogP contribution >= 0.6 is 0 Å². The summed E-state index contributed by atoms with van der Waals surface area (Å²) >= 11 is 0. The molecule has 2 aliphatic rings. The third-order valence-corrected chi connectivity index (χ3v) is 6.57. The second kappa shape index (κ2) is 17.8. The van der Waals surface area contributed by atoms with E-state index < -0.39 is 23.9 Å². The zero-order valence-electron chi connectivity index (χ0n) is 23.5. The molecule has 0 saturated carbocycles. The topological polar surface area (TPSA) is 167 Å². The fourth-order valence-electron chi connectivity index (χ4n) is 4.59. The van der Waals surface area contributed by atoms with Crippen molar-refractivity contribution in [3.05, 3.63) is 84.0 Å². The third kappa shape index (κ3) is 12.6. The molecule has 0 bridgehead atoms. The number of carboxylic acid groups (broad SMARTS) is 4. The third-order valence-electron chi connectivity index (χ3n) is 6.57. The molecule has 11 nitrogen and oxygen atoms in total. The predicted molar refractivity (Wildman–Crippen MR) is 154 cm³/mol. The SMILES string of the molecule is C[NH+]1CCC[NH+](CCCN2c3ccccc3C=Cc3ccccc32)CC1.O=C([O-])/C=C/C(=O)O.O=C([O-])/C=C/C(=O)O. The predicted octanol–water partition coefficient (Wildman–Crippen LogP) is -1.74. The van der Waals surface area contributed by atoms with E-state index in [4.69, 9.17) is 10.2 Å². The van der Waals surface area contributed by atoms with E-state index >= 15 is 0 Å². The minimum atomic E-state index is -1.51. The number of carbonyl (C=O) groups is 4. The number of para-hydroxylation sites is 2. The second-order valence-corrected chi connectivity index (χ2v) is 9.75. The summed E-state index contributed by atoms with van der Waals surface area (Å²) in [6, 6.07) is 17.6. The first-order valence-electron chi connectivity index (χ1n) is 13.6. The molecule has 2 atom stereocenters. The van der Waals surface area contributed by atoms with Crippen LogP contribution in [0.15, 0.2) is 72.8 Å². The molecule has 2 aromatic rings. The minimum Gasteiger partial charge on any atom is -0.545 e. The number of rotatable bonds is 8. The van der Waals surface area contributed by atoms with Crippen molar-refractivity contribution in [1.82, 2.24) is 0 Å². The van der Waals surface area contributed by atoms with Crippen molar-refractivity contribution in [3.8, 4) is 0 Å². The maximum atomic E-state index is 9.53. The summed E-state index contributed by atoms with van der Waals surface area (Å²) in [4.78, 5) is 43.9. The van der Waals surface area contributed by atoms with Gasteiger partial charge in [-0.2, -0.15) is 0 Å². The Kier molecular flexibility index (Phi) is 14.2. The normalized spacial score (nSPS) is 17.4. The van der Waals surface area contributed by atoms with Crippen molar-refractivity contribution in [3.63, 3.8) is 0 Å². The highest BCUT2D eigenvalue weighted by Crippen LogP contribution is 2.35. The summed E-state index contributed by atoms with van der Waals surface area (Å²) in [5, 5.41) is 34.5. The number of carboxylic acids is 4. The highest BCUT2D eigenvalue weighted by atomic mass is 16.4. The van der Waals surface area contributed by atoms with Crippen LogP contribution in [0.25, 0.3) is 12.2 Å². The highest BCUT2D eigenvalue weighted by Gasteiger charge is 2.20. The van der Waals surface area contributed by atoms with Crippen molar-refractivity contribution in [2.45, 2.75) is 12.8 Å². The zero-order valence-corrected chi connectivity index (χ0v) is 23.5. The lowest BCUT2D eigenvalue weighted by Gasteiger charge is -2.27. The van der Waals surface area contributed by atoms with Crippen LogP contribution in [-0.4, -0.2) is 80.4 Å². The molecule has 224 valence electrons. The Hall–Kier alpha value is -4.74. The summed E-state index contributed by atoms with van der Waals surface area (Å²) in [6.07, 6.45) is 8.99. The van der Waals surface area contributed by atoms with Crippen LogP contribution in [0, 0.1) is 0 Å². The number of nitrogens with zero attached hydrogens (tertiary/aromatic N) is 1. The Balaban J connectivity index is 0.000000319. The van der Waals surface area contributed by atoms with Gasteiger partial charge < -0.3 is 44.7 Å². The summed E-state index contributed by atoms with van der Waals surface area (Å²) in [5.41, 5.74) is 5.31. The van der Waals surface area contributed by atoms with Gasteiger partial charge in [-0.1, -0.05) is 48.6 Å². The molecule has 0 amide bonds. The van der Waals surface area contributed by atoms with E-state index in [0.29, 0.717) is 24.3 Å². The van der Waals surface area contributed by atoms with Gasteiger partial charge in [0, 0.05) is 42.9 Å². The van der Waals surface area contributed by atoms with Crippen LogP contribution in [0.4, 0.5) is 11.4 Å². The average molecular weight is 580 g/mol. The van der Waals surface area contributed by atoms with Crippen molar-refractivity contribution in [1.29, 1.82) is 0 Å². The molecule has 0 spiro atoms. The number of hydrogen-bond donors (Lipinski definition) is 4. The monoisotopic (exact) mass is 579 g/mol. The Labute approximate surface area is 244 Å². The minimum absolute atomic E-state index is 0.447. The molecule has 0 aromatic heterocycles. The van der Waals surface area contributed by atoms with Crippen LogP contribution in [0.2, 0.25) is 0 Å². The number of anilines is 2. The fourth-order valence-corrected chi connectivity index (χ4v) is 4.59. The maximum Gasteiger partial charge on any atom is 0.328 e. The first kappa shape index (κ1) is 33.5. The second-order valence-electron chi connectivity index (χ2n) is 9.75. The van der Waals surface area contributed by atoms with E-state index in [1.54, 1.807) is 9.80 Å². The molecule has 0 radical (unpaired) electrons. The molecule has 2 unspecified atom stereocenters. The van der Waals surface area contributed by atoms with Crippen LogP contribution in [-0.2, 0) is 19.2 Å². The molecule has 4 N–H and O–H groups in total. The first-order valence-corrected chi connectivity index (χ1v) is 13.6. The Morgan fingerprint density at radius 1 is 0.762 bits per heavy atom. The van der Waals surface area contributed by atoms with Gasteiger partial charge >= 0.3 is 11.9 Å². The number of quaternary nitrogens is 2. The molecule has 2 aromatic carbocycles. The number of carbonyl (C=O) groups excluding carboxylic acids is 2. The molecule has 4 rings (SSSR count). The summed E-state index contributed by atoms with van der Waals surface area (Å²) in [5.74, 6) is -5.61. The maximum absolute atomic E-state index is 9.53. The van der Waals surface area contributed by atoms with Crippen molar-refractivity contribution in [2.75, 3.05) is 51.2 Å². The average Bonchev–Trinajstić information content (AvgIpc) is 3.26. The lowest BCUT2D eigenvalue weighted by atomic mass is 10.1. The lowest BCUT2D eigenvalue weighted by Crippen LogP contribution is -3.16. The molecule has 2 heterocycles. The number of fused-ring (bicyclic) bond motifs is 2. The van der Waals surface area contributed by atoms with Gasteiger partial charge in [0.05, 0.1) is 38.6 Å².